The minimum Gasteiger partial charge on any atom is -0.311 e. The molecular weight excluding hydrogens is 232 g/mol. The average Bonchev–Trinajstić information content (AvgIpc) is 2.39. The Hall–Kier alpha value is -0.0800. The van der Waals surface area contributed by atoms with Crippen molar-refractivity contribution >= 4 is 0 Å². The molecule has 1 fully saturated rings. The van der Waals surface area contributed by atoms with Gasteiger partial charge >= 0.3 is 0 Å². The third-order valence-corrected chi connectivity index (χ3v) is 4.58. The quantitative estimate of drug-likeness (QED) is 0.635. The lowest BCUT2D eigenvalue weighted by molar-refractivity contribution is 0.146. The molecule has 1 N–H and O–H groups in total. The zero-order valence-electron chi connectivity index (χ0n) is 13.8. The molecule has 1 aliphatic heterocycles. The van der Waals surface area contributed by atoms with Gasteiger partial charge in [0.2, 0.25) is 0 Å². The van der Waals surface area contributed by atoms with Gasteiger partial charge in [-0.2, -0.15) is 0 Å². The van der Waals surface area contributed by atoms with E-state index < -0.39 is 0 Å². The molecule has 0 aliphatic carbocycles. The largest absolute Gasteiger partial charge is 0.311 e. The van der Waals surface area contributed by atoms with Gasteiger partial charge in [-0.25, -0.2) is 0 Å². The molecule has 0 aromatic carbocycles. The first kappa shape index (κ1) is 17.0. The van der Waals surface area contributed by atoms with E-state index >= 15 is 0 Å². The molecule has 114 valence electrons. The summed E-state index contributed by atoms with van der Waals surface area (Å²) in [4.78, 5) is 2.66. The summed E-state index contributed by atoms with van der Waals surface area (Å²) in [6.07, 6.45) is 9.53. The summed E-state index contributed by atoms with van der Waals surface area (Å²) in [6.45, 7) is 13.3. The van der Waals surface area contributed by atoms with Gasteiger partial charge in [-0.15, -0.1) is 0 Å². The van der Waals surface area contributed by atoms with E-state index in [1.54, 1.807) is 0 Å². The van der Waals surface area contributed by atoms with Crippen molar-refractivity contribution in [1.82, 2.24) is 10.2 Å². The SMILES string of the molecule is CCCCCC(C)NC(C)C1CCCN(CCC)C1. The zero-order chi connectivity index (χ0) is 14.1. The molecule has 1 aliphatic rings. The molecule has 0 bridgehead atoms. The highest BCUT2D eigenvalue weighted by Gasteiger charge is 2.24. The van der Waals surface area contributed by atoms with Crippen molar-refractivity contribution < 1.29 is 0 Å². The Kier molecular flexibility index (Phi) is 8.72. The first-order valence-corrected chi connectivity index (χ1v) is 8.65. The van der Waals surface area contributed by atoms with Crippen LogP contribution in [-0.4, -0.2) is 36.6 Å². The van der Waals surface area contributed by atoms with Crippen LogP contribution >= 0.6 is 0 Å². The molecule has 0 spiro atoms. The molecule has 0 aromatic heterocycles. The zero-order valence-corrected chi connectivity index (χ0v) is 13.8. The Morgan fingerprint density at radius 3 is 2.63 bits per heavy atom. The average molecular weight is 268 g/mol. The van der Waals surface area contributed by atoms with Gasteiger partial charge < -0.3 is 10.2 Å². The molecule has 1 heterocycles. The van der Waals surface area contributed by atoms with E-state index in [9.17, 15) is 0 Å². The fourth-order valence-electron chi connectivity index (χ4n) is 3.39. The van der Waals surface area contributed by atoms with E-state index in [0.717, 1.165) is 5.92 Å². The Balaban J connectivity index is 2.25. The van der Waals surface area contributed by atoms with E-state index in [1.807, 2.05) is 0 Å². The fraction of sp³-hybridized carbons (Fsp3) is 1.00. The predicted octanol–water partition coefficient (Wildman–Crippen LogP) is 4.06. The number of nitrogens with one attached hydrogen (secondary N) is 1. The minimum atomic E-state index is 0.677. The van der Waals surface area contributed by atoms with Crippen LogP contribution in [0, 0.1) is 5.92 Å². The monoisotopic (exact) mass is 268 g/mol. The standard InChI is InChI=1S/C17H36N2/c1-5-7-8-10-15(3)18-16(4)17-11-9-13-19(14-17)12-6-2/h15-18H,5-14H2,1-4H3. The van der Waals surface area contributed by atoms with Crippen LogP contribution in [0.4, 0.5) is 0 Å². The number of rotatable bonds is 9. The van der Waals surface area contributed by atoms with Gasteiger partial charge in [-0.05, 0) is 58.5 Å². The second kappa shape index (κ2) is 9.77. The molecule has 3 atom stereocenters. The number of hydrogen-bond acceptors (Lipinski definition) is 2. The van der Waals surface area contributed by atoms with Crippen molar-refractivity contribution in [3.05, 3.63) is 0 Å². The van der Waals surface area contributed by atoms with Crippen molar-refractivity contribution in [3.8, 4) is 0 Å². The summed E-state index contributed by atoms with van der Waals surface area (Å²) >= 11 is 0. The second-order valence-electron chi connectivity index (χ2n) is 6.56. The van der Waals surface area contributed by atoms with Crippen LogP contribution in [0.25, 0.3) is 0 Å². The van der Waals surface area contributed by atoms with E-state index in [4.69, 9.17) is 0 Å². The van der Waals surface area contributed by atoms with Crippen molar-refractivity contribution in [1.29, 1.82) is 0 Å². The number of likely N-dealkylation sites (tertiary alicyclic amines) is 1. The minimum absolute atomic E-state index is 0.677. The summed E-state index contributed by atoms with van der Waals surface area (Å²) in [5.74, 6) is 0.855. The third-order valence-electron chi connectivity index (χ3n) is 4.58. The summed E-state index contributed by atoms with van der Waals surface area (Å²) in [5.41, 5.74) is 0. The fourth-order valence-corrected chi connectivity index (χ4v) is 3.39. The smallest absolute Gasteiger partial charge is 0.00816 e. The normalized spacial score (nSPS) is 24.3. The van der Waals surface area contributed by atoms with Crippen LogP contribution in [0.2, 0.25) is 0 Å². The molecule has 0 radical (unpaired) electrons. The highest BCUT2D eigenvalue weighted by atomic mass is 15.1. The van der Waals surface area contributed by atoms with E-state index in [-0.39, 0.29) is 0 Å². The number of unbranched alkanes of at least 4 members (excludes halogenated alkanes) is 2. The van der Waals surface area contributed by atoms with Crippen molar-refractivity contribution in [2.24, 2.45) is 5.92 Å². The summed E-state index contributed by atoms with van der Waals surface area (Å²) < 4.78 is 0. The van der Waals surface area contributed by atoms with Crippen LogP contribution in [0.15, 0.2) is 0 Å². The Morgan fingerprint density at radius 1 is 1.16 bits per heavy atom. The number of piperidine rings is 1. The van der Waals surface area contributed by atoms with E-state index in [0.29, 0.717) is 12.1 Å². The molecule has 1 saturated heterocycles. The maximum Gasteiger partial charge on any atom is 0.00816 e. The third kappa shape index (κ3) is 6.76. The highest BCUT2D eigenvalue weighted by molar-refractivity contribution is 4.81. The molecule has 3 unspecified atom stereocenters. The first-order valence-electron chi connectivity index (χ1n) is 8.65. The van der Waals surface area contributed by atoms with Crippen LogP contribution in [-0.2, 0) is 0 Å². The molecule has 2 nitrogen and oxygen atoms in total. The van der Waals surface area contributed by atoms with Gasteiger partial charge in [0.05, 0.1) is 0 Å². The van der Waals surface area contributed by atoms with E-state index in [2.05, 4.69) is 37.9 Å². The molecule has 2 heteroatoms. The number of nitrogens with zero attached hydrogens (tertiary/aromatic N) is 1. The van der Waals surface area contributed by atoms with Crippen LogP contribution < -0.4 is 5.32 Å². The van der Waals surface area contributed by atoms with Gasteiger partial charge in [-0.3, -0.25) is 0 Å². The van der Waals surface area contributed by atoms with E-state index in [1.165, 1.54) is 64.6 Å². The Labute approximate surface area is 121 Å². The maximum absolute atomic E-state index is 3.84. The van der Waals surface area contributed by atoms with Gasteiger partial charge in [0.25, 0.3) is 0 Å². The second-order valence-corrected chi connectivity index (χ2v) is 6.56. The van der Waals surface area contributed by atoms with Gasteiger partial charge in [0.1, 0.15) is 0 Å². The maximum atomic E-state index is 3.84. The number of hydrogen-bond donors (Lipinski definition) is 1. The molecule has 0 amide bonds. The first-order chi connectivity index (χ1) is 9.17. The lowest BCUT2D eigenvalue weighted by Gasteiger charge is -2.37. The van der Waals surface area contributed by atoms with Crippen LogP contribution in [0.1, 0.15) is 72.6 Å². The summed E-state index contributed by atoms with van der Waals surface area (Å²) in [6, 6.07) is 1.36. The molecule has 0 aromatic rings. The Morgan fingerprint density at radius 2 is 1.95 bits per heavy atom. The molecule has 19 heavy (non-hydrogen) atoms. The van der Waals surface area contributed by atoms with Gasteiger partial charge in [0.15, 0.2) is 0 Å². The summed E-state index contributed by atoms with van der Waals surface area (Å²) in [7, 11) is 0. The molecular formula is C17H36N2. The topological polar surface area (TPSA) is 15.3 Å². The Bertz CT molecular complexity index is 215. The van der Waals surface area contributed by atoms with Crippen molar-refractivity contribution in [3.63, 3.8) is 0 Å². The lowest BCUT2D eigenvalue weighted by atomic mass is 9.90. The van der Waals surface area contributed by atoms with Gasteiger partial charge in [0, 0.05) is 18.6 Å². The molecule has 0 saturated carbocycles. The lowest BCUT2D eigenvalue weighted by Crippen LogP contribution is -2.47. The van der Waals surface area contributed by atoms with Crippen molar-refractivity contribution in [2.45, 2.75) is 84.7 Å². The van der Waals surface area contributed by atoms with Gasteiger partial charge in [-0.1, -0.05) is 33.1 Å². The van der Waals surface area contributed by atoms with Crippen LogP contribution in [0.5, 0.6) is 0 Å². The predicted molar refractivity (Wildman–Crippen MR) is 85.7 cm³/mol. The van der Waals surface area contributed by atoms with Crippen LogP contribution in [0.3, 0.4) is 0 Å². The van der Waals surface area contributed by atoms with Crippen molar-refractivity contribution in [2.75, 3.05) is 19.6 Å². The summed E-state index contributed by atoms with van der Waals surface area (Å²) in [5, 5.41) is 3.84. The molecule has 1 rings (SSSR count). The highest BCUT2D eigenvalue weighted by Crippen LogP contribution is 2.20.